The molecule has 2 rings (SSSR count). The van der Waals surface area contributed by atoms with Crippen LogP contribution in [0.15, 0.2) is 41.3 Å². The van der Waals surface area contributed by atoms with E-state index in [1.165, 1.54) is 0 Å². The number of benzene rings is 2. The normalized spacial score (nSPS) is 10.2. The molecule has 0 aliphatic carbocycles. The third-order valence-electron chi connectivity index (χ3n) is 2.89. The summed E-state index contributed by atoms with van der Waals surface area (Å²) < 4.78 is 0. The monoisotopic (exact) mass is 288 g/mol. The number of thioether (sulfide) groups is 1. The second-order valence-corrected chi connectivity index (χ2v) is 5.60. The number of rotatable bonds is 3. The predicted molar refractivity (Wildman–Crippen MR) is 81.3 cm³/mol. The van der Waals surface area contributed by atoms with E-state index < -0.39 is 0 Å². The molecule has 19 heavy (non-hydrogen) atoms. The van der Waals surface area contributed by atoms with Crippen LogP contribution in [0.1, 0.15) is 16.7 Å². The molecule has 0 amide bonds. The van der Waals surface area contributed by atoms with Crippen molar-refractivity contribution < 1.29 is 0 Å². The van der Waals surface area contributed by atoms with E-state index in [2.05, 4.69) is 6.07 Å². The van der Waals surface area contributed by atoms with Crippen LogP contribution in [-0.2, 0) is 5.75 Å². The predicted octanol–water partition coefficient (Wildman–Crippen LogP) is 4.39. The molecule has 0 spiro atoms. The molecule has 0 saturated carbocycles. The number of hydrogen-bond acceptors (Lipinski definition) is 3. The second-order valence-electron chi connectivity index (χ2n) is 4.18. The molecule has 0 atom stereocenters. The summed E-state index contributed by atoms with van der Waals surface area (Å²) in [7, 11) is 0. The van der Waals surface area contributed by atoms with Crippen LogP contribution >= 0.6 is 23.4 Å². The summed E-state index contributed by atoms with van der Waals surface area (Å²) in [6, 6.07) is 13.4. The molecule has 0 saturated heterocycles. The van der Waals surface area contributed by atoms with E-state index in [0.717, 1.165) is 27.5 Å². The molecule has 96 valence electrons. The largest absolute Gasteiger partial charge is 0.398 e. The van der Waals surface area contributed by atoms with Gasteiger partial charge in [-0.25, -0.2) is 0 Å². The maximum atomic E-state index is 8.80. The van der Waals surface area contributed by atoms with E-state index >= 15 is 0 Å². The Kier molecular flexibility index (Phi) is 4.36. The Morgan fingerprint density at radius 3 is 2.79 bits per heavy atom. The Hall–Kier alpha value is -1.63. The zero-order valence-electron chi connectivity index (χ0n) is 10.5. The molecule has 2 aromatic rings. The number of nitriles is 1. The highest BCUT2D eigenvalue weighted by molar-refractivity contribution is 7.98. The van der Waals surface area contributed by atoms with Gasteiger partial charge in [0, 0.05) is 21.4 Å². The Labute approximate surface area is 122 Å². The fourth-order valence-corrected chi connectivity index (χ4v) is 3.08. The summed E-state index contributed by atoms with van der Waals surface area (Å²) in [5, 5.41) is 9.43. The minimum atomic E-state index is 0.582. The van der Waals surface area contributed by atoms with Crippen molar-refractivity contribution in [1.29, 1.82) is 5.26 Å². The fourth-order valence-electron chi connectivity index (χ4n) is 1.68. The molecule has 0 radical (unpaired) electrons. The first-order valence-corrected chi connectivity index (χ1v) is 7.14. The van der Waals surface area contributed by atoms with Crippen molar-refractivity contribution in [2.75, 3.05) is 5.73 Å². The zero-order valence-corrected chi connectivity index (χ0v) is 12.1. The molecule has 2 N–H and O–H groups in total. The van der Waals surface area contributed by atoms with Crippen LogP contribution in [-0.4, -0.2) is 0 Å². The van der Waals surface area contributed by atoms with Crippen LogP contribution in [0.4, 0.5) is 5.69 Å². The van der Waals surface area contributed by atoms with Gasteiger partial charge in [-0.1, -0.05) is 23.7 Å². The molecule has 2 aromatic carbocycles. The second kappa shape index (κ2) is 6.01. The SMILES string of the molecule is Cc1c(N)cccc1SCc1ccc(C#N)cc1Cl. The minimum absolute atomic E-state index is 0.582. The van der Waals surface area contributed by atoms with Gasteiger partial charge in [0.2, 0.25) is 0 Å². The number of nitrogens with zero attached hydrogens (tertiary/aromatic N) is 1. The van der Waals surface area contributed by atoms with E-state index in [0.29, 0.717) is 10.6 Å². The van der Waals surface area contributed by atoms with Crippen LogP contribution < -0.4 is 5.73 Å². The number of nitrogen functional groups attached to an aromatic ring is 1. The summed E-state index contributed by atoms with van der Waals surface area (Å²) in [4.78, 5) is 1.15. The van der Waals surface area contributed by atoms with Crippen molar-refractivity contribution in [3.63, 3.8) is 0 Å². The number of hydrogen-bond donors (Lipinski definition) is 1. The third kappa shape index (κ3) is 3.23. The van der Waals surface area contributed by atoms with Crippen LogP contribution in [0, 0.1) is 18.3 Å². The molecular formula is C15H13ClN2S. The Morgan fingerprint density at radius 2 is 2.11 bits per heavy atom. The quantitative estimate of drug-likeness (QED) is 0.673. The topological polar surface area (TPSA) is 49.8 Å². The Morgan fingerprint density at radius 1 is 1.32 bits per heavy atom. The van der Waals surface area contributed by atoms with Crippen molar-refractivity contribution in [3.05, 3.63) is 58.1 Å². The van der Waals surface area contributed by atoms with Gasteiger partial charge in [0.1, 0.15) is 0 Å². The fraction of sp³-hybridized carbons (Fsp3) is 0.133. The molecule has 0 heterocycles. The Bertz CT molecular complexity index is 647. The van der Waals surface area contributed by atoms with Crippen LogP contribution in [0.25, 0.3) is 0 Å². The van der Waals surface area contributed by atoms with Gasteiger partial charge in [0.05, 0.1) is 11.6 Å². The summed E-state index contributed by atoms with van der Waals surface area (Å²) in [6.45, 7) is 2.01. The highest BCUT2D eigenvalue weighted by Gasteiger charge is 2.06. The third-order valence-corrected chi connectivity index (χ3v) is 4.45. The maximum Gasteiger partial charge on any atom is 0.0992 e. The lowest BCUT2D eigenvalue weighted by molar-refractivity contribution is 1.29. The van der Waals surface area contributed by atoms with Gasteiger partial charge in [-0.2, -0.15) is 5.26 Å². The summed E-state index contributed by atoms with van der Waals surface area (Å²) >= 11 is 7.85. The van der Waals surface area contributed by atoms with E-state index in [1.807, 2.05) is 31.2 Å². The zero-order chi connectivity index (χ0) is 13.8. The maximum absolute atomic E-state index is 8.80. The van der Waals surface area contributed by atoms with Gasteiger partial charge in [-0.3, -0.25) is 0 Å². The molecule has 0 aliphatic rings. The van der Waals surface area contributed by atoms with Gasteiger partial charge in [-0.05, 0) is 42.3 Å². The average molecular weight is 289 g/mol. The first-order valence-electron chi connectivity index (χ1n) is 5.78. The van der Waals surface area contributed by atoms with Gasteiger partial charge in [0.15, 0.2) is 0 Å². The molecule has 4 heteroatoms. The van der Waals surface area contributed by atoms with Crippen molar-refractivity contribution in [3.8, 4) is 6.07 Å². The average Bonchev–Trinajstić information content (AvgIpc) is 2.41. The van der Waals surface area contributed by atoms with Gasteiger partial charge >= 0.3 is 0 Å². The van der Waals surface area contributed by atoms with Crippen LogP contribution in [0.5, 0.6) is 0 Å². The highest BCUT2D eigenvalue weighted by atomic mass is 35.5. The highest BCUT2D eigenvalue weighted by Crippen LogP contribution is 2.31. The standard InChI is InChI=1S/C15H13ClN2S/c1-10-14(18)3-2-4-15(10)19-9-12-6-5-11(8-17)7-13(12)16/h2-7H,9,18H2,1H3. The van der Waals surface area contributed by atoms with Crippen molar-refractivity contribution in [2.45, 2.75) is 17.6 Å². The summed E-state index contributed by atoms with van der Waals surface area (Å²) in [6.07, 6.45) is 0. The van der Waals surface area contributed by atoms with E-state index in [4.69, 9.17) is 22.6 Å². The summed E-state index contributed by atoms with van der Waals surface area (Å²) in [5.74, 6) is 0.759. The van der Waals surface area contributed by atoms with E-state index in [-0.39, 0.29) is 0 Å². The molecule has 0 fully saturated rings. The lowest BCUT2D eigenvalue weighted by Gasteiger charge is -2.09. The van der Waals surface area contributed by atoms with Crippen molar-refractivity contribution in [1.82, 2.24) is 0 Å². The summed E-state index contributed by atoms with van der Waals surface area (Å²) in [5.41, 5.74) is 9.38. The van der Waals surface area contributed by atoms with E-state index in [9.17, 15) is 0 Å². The lowest BCUT2D eigenvalue weighted by Crippen LogP contribution is -1.91. The van der Waals surface area contributed by atoms with E-state index in [1.54, 1.807) is 23.9 Å². The van der Waals surface area contributed by atoms with Crippen molar-refractivity contribution >= 4 is 29.1 Å². The number of nitrogens with two attached hydrogens (primary N) is 1. The minimum Gasteiger partial charge on any atom is -0.398 e. The van der Waals surface area contributed by atoms with Gasteiger partial charge in [-0.15, -0.1) is 11.8 Å². The number of anilines is 1. The number of halogens is 1. The smallest absolute Gasteiger partial charge is 0.0992 e. The lowest BCUT2D eigenvalue weighted by atomic mass is 10.2. The van der Waals surface area contributed by atoms with Crippen LogP contribution in [0.3, 0.4) is 0 Å². The molecule has 0 aromatic heterocycles. The van der Waals surface area contributed by atoms with Crippen molar-refractivity contribution in [2.24, 2.45) is 0 Å². The first kappa shape index (κ1) is 13.8. The molecule has 0 bridgehead atoms. The first-order chi connectivity index (χ1) is 9.11. The molecule has 2 nitrogen and oxygen atoms in total. The van der Waals surface area contributed by atoms with Gasteiger partial charge in [0.25, 0.3) is 0 Å². The van der Waals surface area contributed by atoms with Crippen LogP contribution in [0.2, 0.25) is 5.02 Å². The Balaban J connectivity index is 2.15. The molecular weight excluding hydrogens is 276 g/mol. The molecule has 0 unspecified atom stereocenters. The van der Waals surface area contributed by atoms with Gasteiger partial charge < -0.3 is 5.73 Å². The molecule has 0 aliphatic heterocycles.